The molecule has 0 N–H and O–H groups in total. The van der Waals surface area contributed by atoms with Gasteiger partial charge in [0.05, 0.1) is 22.7 Å². The molecule has 0 radical (unpaired) electrons. The minimum atomic E-state index is -0.310. The van der Waals surface area contributed by atoms with Crippen molar-refractivity contribution in [3.8, 4) is 44.5 Å². The smallest absolute Gasteiger partial charge is 0.0508 e. The van der Waals surface area contributed by atoms with Gasteiger partial charge in [-0.25, -0.2) is 0 Å². The molecule has 0 atom stereocenters. The van der Waals surface area contributed by atoms with E-state index in [1.807, 2.05) is 0 Å². The zero-order valence-corrected chi connectivity index (χ0v) is 43.2. The summed E-state index contributed by atoms with van der Waals surface area (Å²) in [5, 5.41) is 5.09. The number of anilines is 6. The Morgan fingerprint density at radius 1 is 0.293 bits per heavy atom. The van der Waals surface area contributed by atoms with Crippen LogP contribution in [0.1, 0.15) is 86.8 Å². The molecule has 1 fully saturated rings. The lowest BCUT2D eigenvalue weighted by atomic mass is 9.70. The molecule has 0 aromatic heterocycles. The van der Waals surface area contributed by atoms with Crippen molar-refractivity contribution >= 4 is 55.7 Å². The second-order valence-electron chi connectivity index (χ2n) is 22.6. The number of fused-ring (bicyclic) bond motifs is 11. The first-order valence-corrected chi connectivity index (χ1v) is 27.1. The van der Waals surface area contributed by atoms with E-state index in [4.69, 9.17) is 0 Å². The lowest BCUT2D eigenvalue weighted by Gasteiger charge is -2.43. The quantitative estimate of drug-likeness (QED) is 0.159. The van der Waals surface area contributed by atoms with E-state index in [0.29, 0.717) is 0 Å². The molecule has 2 heteroatoms. The third-order valence-corrected chi connectivity index (χ3v) is 18.1. The minimum absolute atomic E-state index is 0.0455. The van der Waals surface area contributed by atoms with Crippen LogP contribution in [0.15, 0.2) is 231 Å². The normalized spacial score (nSPS) is 16.1. The zero-order valence-electron chi connectivity index (χ0n) is 43.2. The average Bonchev–Trinajstić information content (AvgIpc) is 4.11. The molecule has 2 nitrogen and oxygen atoms in total. The summed E-state index contributed by atoms with van der Waals surface area (Å²) >= 11 is 0. The molecule has 4 aliphatic rings. The van der Waals surface area contributed by atoms with E-state index in [1.54, 1.807) is 0 Å². The summed E-state index contributed by atoms with van der Waals surface area (Å²) in [5.74, 6) is 0. The predicted molar refractivity (Wildman–Crippen MR) is 316 cm³/mol. The van der Waals surface area contributed by atoms with Gasteiger partial charge in [0.1, 0.15) is 0 Å². The molecule has 2 aliphatic carbocycles. The Labute approximate surface area is 441 Å². The number of benzene rings is 11. The lowest BCUT2D eigenvalue weighted by molar-refractivity contribution is 0.550. The maximum absolute atomic E-state index is 2.57. The van der Waals surface area contributed by atoms with E-state index in [0.717, 1.165) is 11.4 Å². The highest BCUT2D eigenvalue weighted by Crippen LogP contribution is 2.62. The number of para-hydroxylation sites is 4. The second kappa shape index (κ2) is 16.3. The van der Waals surface area contributed by atoms with Crippen molar-refractivity contribution in [1.29, 1.82) is 0 Å². The van der Waals surface area contributed by atoms with Crippen LogP contribution in [0.25, 0.3) is 66.1 Å². The summed E-state index contributed by atoms with van der Waals surface area (Å²) in [6.45, 7) is 9.73. The van der Waals surface area contributed by atoms with E-state index in [2.05, 4.69) is 268 Å². The van der Waals surface area contributed by atoms with Crippen molar-refractivity contribution in [1.82, 2.24) is 0 Å². The number of nitrogens with zero attached hydrogens (tertiary/aromatic N) is 2. The molecule has 0 unspecified atom stereocenters. The highest BCUT2D eigenvalue weighted by atomic mass is 15.2. The average molecular weight is 963 g/mol. The van der Waals surface area contributed by atoms with E-state index in [1.165, 1.54) is 148 Å². The van der Waals surface area contributed by atoms with E-state index in [-0.39, 0.29) is 16.2 Å². The van der Waals surface area contributed by atoms with Gasteiger partial charge in [-0.05, 0) is 167 Å². The Morgan fingerprint density at radius 2 is 0.680 bits per heavy atom. The first-order valence-electron chi connectivity index (χ1n) is 27.1. The summed E-state index contributed by atoms with van der Waals surface area (Å²) < 4.78 is 0. The van der Waals surface area contributed by atoms with Crippen molar-refractivity contribution in [3.63, 3.8) is 0 Å². The van der Waals surface area contributed by atoms with Crippen LogP contribution in [0, 0.1) is 0 Å². The van der Waals surface area contributed by atoms with Crippen molar-refractivity contribution in [2.24, 2.45) is 0 Å². The molecule has 2 heterocycles. The van der Waals surface area contributed by atoms with Gasteiger partial charge < -0.3 is 9.80 Å². The lowest BCUT2D eigenvalue weighted by Crippen LogP contribution is -2.31. The summed E-state index contributed by atoms with van der Waals surface area (Å²) in [5.41, 5.74) is 25.5. The van der Waals surface area contributed by atoms with Crippen molar-refractivity contribution in [2.45, 2.75) is 69.6 Å². The van der Waals surface area contributed by atoms with Crippen molar-refractivity contribution in [3.05, 3.63) is 264 Å². The van der Waals surface area contributed by atoms with Gasteiger partial charge in [0.15, 0.2) is 0 Å². The molecule has 1 saturated carbocycles. The highest BCUT2D eigenvalue weighted by molar-refractivity contribution is 6.21. The summed E-state index contributed by atoms with van der Waals surface area (Å²) in [7, 11) is 0. The van der Waals surface area contributed by atoms with Gasteiger partial charge in [0.25, 0.3) is 0 Å². The second-order valence-corrected chi connectivity index (χ2v) is 22.6. The third kappa shape index (κ3) is 6.14. The first-order chi connectivity index (χ1) is 36.8. The molecule has 15 rings (SSSR count). The van der Waals surface area contributed by atoms with Crippen LogP contribution in [0.3, 0.4) is 0 Å². The standard InChI is InChI=1S/C73H58N2/c1-71(2)60-37-13-15-40-63(60)74(47-24-7-5-8-25-47)65-42-22-33-53(69(65)71)49-29-19-31-51-57(49)46-58-50(54-34-23-43-66-70(54)72(3,4)61-38-14-16-41-64(61)75(66)48-26-9-6-10-27-48)30-20-32-52(58)67(51)56-35-21-39-62-68(56)55-28-11-12-36-59(55)73(62)44-17-18-45-73/h5-16,19-43,46H,17-18,44-45H2,1-4H3. The maximum atomic E-state index is 2.57. The Kier molecular flexibility index (Phi) is 9.56. The van der Waals surface area contributed by atoms with Gasteiger partial charge >= 0.3 is 0 Å². The van der Waals surface area contributed by atoms with Crippen LogP contribution in [0.5, 0.6) is 0 Å². The fourth-order valence-electron chi connectivity index (χ4n) is 15.0. The van der Waals surface area contributed by atoms with Crippen LogP contribution < -0.4 is 9.80 Å². The molecular formula is C73H58N2. The summed E-state index contributed by atoms with van der Waals surface area (Å²) in [6, 6.07) is 87.5. The van der Waals surface area contributed by atoms with Crippen LogP contribution in [-0.2, 0) is 16.2 Å². The monoisotopic (exact) mass is 962 g/mol. The van der Waals surface area contributed by atoms with Crippen molar-refractivity contribution < 1.29 is 0 Å². The van der Waals surface area contributed by atoms with Gasteiger partial charge in [-0.3, -0.25) is 0 Å². The number of hydrogen-bond donors (Lipinski definition) is 0. The fourth-order valence-corrected chi connectivity index (χ4v) is 15.0. The zero-order chi connectivity index (χ0) is 50.2. The van der Waals surface area contributed by atoms with Crippen LogP contribution >= 0.6 is 0 Å². The van der Waals surface area contributed by atoms with E-state index >= 15 is 0 Å². The number of hydrogen-bond acceptors (Lipinski definition) is 2. The van der Waals surface area contributed by atoms with Crippen LogP contribution in [-0.4, -0.2) is 0 Å². The summed E-state index contributed by atoms with van der Waals surface area (Å²) in [4.78, 5) is 4.98. The topological polar surface area (TPSA) is 6.48 Å². The molecule has 1 spiro atoms. The Morgan fingerprint density at radius 3 is 1.21 bits per heavy atom. The Hall–Kier alpha value is -8.46. The molecular weight excluding hydrogens is 905 g/mol. The van der Waals surface area contributed by atoms with Gasteiger partial charge in [-0.15, -0.1) is 0 Å². The van der Waals surface area contributed by atoms with Crippen LogP contribution in [0.4, 0.5) is 34.1 Å². The van der Waals surface area contributed by atoms with Crippen molar-refractivity contribution in [2.75, 3.05) is 9.80 Å². The van der Waals surface area contributed by atoms with Gasteiger partial charge in [-0.2, -0.15) is 0 Å². The fraction of sp³-hybridized carbons (Fsp3) is 0.151. The molecule has 0 saturated heterocycles. The molecule has 75 heavy (non-hydrogen) atoms. The largest absolute Gasteiger partial charge is 0.310 e. The van der Waals surface area contributed by atoms with Gasteiger partial charge in [-0.1, -0.05) is 216 Å². The Balaban J connectivity index is 1.06. The Bertz CT molecular complexity index is 3930. The summed E-state index contributed by atoms with van der Waals surface area (Å²) in [6.07, 6.45) is 4.91. The SMILES string of the molecule is CC1(C)c2ccccc2N(c2ccccc2)c2cccc(-c3cccc4c(-c5cccc6c5-c5ccccc5C65CCCC5)c5cccc(-c6cccc7c6C(C)(C)c6ccccc6N7c6ccccc6)c5cc34)c21. The molecule has 0 bridgehead atoms. The first kappa shape index (κ1) is 44.1. The van der Waals surface area contributed by atoms with E-state index in [9.17, 15) is 0 Å². The molecule has 360 valence electrons. The molecule has 2 aliphatic heterocycles. The minimum Gasteiger partial charge on any atom is -0.310 e. The maximum Gasteiger partial charge on any atom is 0.0508 e. The molecule has 11 aromatic rings. The van der Waals surface area contributed by atoms with Gasteiger partial charge in [0.2, 0.25) is 0 Å². The number of rotatable bonds is 5. The van der Waals surface area contributed by atoms with Crippen LogP contribution in [0.2, 0.25) is 0 Å². The predicted octanol–water partition coefficient (Wildman–Crippen LogP) is 20.1. The third-order valence-electron chi connectivity index (χ3n) is 18.1. The van der Waals surface area contributed by atoms with Gasteiger partial charge in [0, 0.05) is 27.6 Å². The van der Waals surface area contributed by atoms with E-state index < -0.39 is 0 Å². The molecule has 11 aromatic carbocycles. The highest BCUT2D eigenvalue weighted by Gasteiger charge is 2.46. The molecule has 0 amide bonds.